The molecule has 0 aromatic heterocycles. The molecule has 2 aliphatic rings. The topological polar surface area (TPSA) is 0 Å². The van der Waals surface area contributed by atoms with Gasteiger partial charge >= 0.3 is 0 Å². The average Bonchev–Trinajstić information content (AvgIpc) is 2.63. The highest BCUT2D eigenvalue weighted by atomic mass is 14.4. The van der Waals surface area contributed by atoms with Crippen molar-refractivity contribution in [1.29, 1.82) is 0 Å². The van der Waals surface area contributed by atoms with Crippen molar-refractivity contribution >= 4 is 0 Å². The maximum absolute atomic E-state index is 2.50. The van der Waals surface area contributed by atoms with Crippen molar-refractivity contribution in [2.45, 2.75) is 59.3 Å². The van der Waals surface area contributed by atoms with E-state index in [0.29, 0.717) is 5.92 Å². The van der Waals surface area contributed by atoms with Gasteiger partial charge in [0.15, 0.2) is 0 Å². The lowest BCUT2D eigenvalue weighted by atomic mass is 9.65. The van der Waals surface area contributed by atoms with Crippen molar-refractivity contribution < 1.29 is 0 Å². The average molecular weight is 333 g/mol. The third-order valence-electron chi connectivity index (χ3n) is 6.19. The van der Waals surface area contributed by atoms with Crippen LogP contribution in [-0.2, 0) is 5.41 Å². The predicted octanol–water partition coefficient (Wildman–Crippen LogP) is 7.16. The molecule has 0 amide bonds. The molecule has 0 fully saturated rings. The Balaban J connectivity index is 1.99. The summed E-state index contributed by atoms with van der Waals surface area (Å²) in [6.07, 6.45) is 15.6. The van der Waals surface area contributed by atoms with Gasteiger partial charge in [0.1, 0.15) is 0 Å². The number of allylic oxidation sites excluding steroid dienone is 8. The molecule has 0 aliphatic heterocycles. The van der Waals surface area contributed by atoms with Gasteiger partial charge in [0.05, 0.1) is 0 Å². The lowest BCUT2D eigenvalue weighted by Gasteiger charge is -2.39. The highest BCUT2D eigenvalue weighted by molar-refractivity contribution is 5.48. The Morgan fingerprint density at radius 3 is 2.20 bits per heavy atom. The first-order valence-electron chi connectivity index (χ1n) is 9.69. The minimum absolute atomic E-state index is 0.0412. The SMILES string of the molecule is CC1CC=C(C(C)(C)c2ccccc2)C=C1C(C)(C)C1=CCCC=C1. The van der Waals surface area contributed by atoms with Gasteiger partial charge in [0.25, 0.3) is 0 Å². The number of hydrogen-bond donors (Lipinski definition) is 0. The van der Waals surface area contributed by atoms with E-state index in [1.54, 1.807) is 5.57 Å². The summed E-state index contributed by atoms with van der Waals surface area (Å²) in [5.74, 6) is 0.599. The second-order valence-electron chi connectivity index (χ2n) is 8.65. The zero-order valence-electron chi connectivity index (χ0n) is 16.5. The molecule has 0 bridgehead atoms. The second kappa shape index (κ2) is 6.83. The molecule has 0 radical (unpaired) electrons. The zero-order valence-corrected chi connectivity index (χ0v) is 16.5. The van der Waals surface area contributed by atoms with Crippen LogP contribution in [0, 0.1) is 11.3 Å². The monoisotopic (exact) mass is 332 g/mol. The summed E-state index contributed by atoms with van der Waals surface area (Å²) >= 11 is 0. The third kappa shape index (κ3) is 3.45. The van der Waals surface area contributed by atoms with Crippen molar-refractivity contribution in [2.75, 3.05) is 0 Å². The van der Waals surface area contributed by atoms with E-state index in [1.165, 1.54) is 29.6 Å². The fourth-order valence-corrected chi connectivity index (χ4v) is 4.30. The van der Waals surface area contributed by atoms with Crippen molar-refractivity contribution in [3.05, 3.63) is 83.0 Å². The van der Waals surface area contributed by atoms with Gasteiger partial charge < -0.3 is 0 Å². The molecule has 2 aliphatic carbocycles. The van der Waals surface area contributed by atoms with Crippen molar-refractivity contribution in [3.8, 4) is 0 Å². The van der Waals surface area contributed by atoms with Gasteiger partial charge in [-0.25, -0.2) is 0 Å². The maximum atomic E-state index is 2.50. The van der Waals surface area contributed by atoms with Crippen LogP contribution in [0.25, 0.3) is 0 Å². The van der Waals surface area contributed by atoms with Gasteiger partial charge in [0.2, 0.25) is 0 Å². The van der Waals surface area contributed by atoms with E-state index in [4.69, 9.17) is 0 Å². The summed E-state index contributed by atoms with van der Waals surface area (Å²) in [5.41, 5.74) is 6.05. The molecule has 0 heterocycles. The smallest absolute Gasteiger partial charge is 0.0143 e. The normalized spacial score (nSPS) is 21.5. The molecule has 1 unspecified atom stereocenters. The molecule has 1 atom stereocenters. The molecular formula is C25H32. The molecule has 0 spiro atoms. The summed E-state index contributed by atoms with van der Waals surface area (Å²) < 4.78 is 0. The van der Waals surface area contributed by atoms with E-state index >= 15 is 0 Å². The van der Waals surface area contributed by atoms with E-state index < -0.39 is 0 Å². The van der Waals surface area contributed by atoms with E-state index in [9.17, 15) is 0 Å². The van der Waals surface area contributed by atoms with Gasteiger partial charge in [-0.3, -0.25) is 0 Å². The highest BCUT2D eigenvalue weighted by Gasteiger charge is 2.34. The molecule has 0 heteroatoms. The van der Waals surface area contributed by atoms with Crippen LogP contribution in [0.4, 0.5) is 0 Å². The minimum atomic E-state index is 0.0412. The van der Waals surface area contributed by atoms with Crippen LogP contribution >= 0.6 is 0 Å². The molecule has 0 saturated heterocycles. The van der Waals surface area contributed by atoms with Crippen molar-refractivity contribution in [2.24, 2.45) is 11.3 Å². The molecule has 1 aromatic rings. The molecule has 0 saturated carbocycles. The second-order valence-corrected chi connectivity index (χ2v) is 8.65. The lowest BCUT2D eigenvalue weighted by molar-refractivity contribution is 0.456. The van der Waals surface area contributed by atoms with Crippen LogP contribution in [0.1, 0.15) is 59.4 Å². The van der Waals surface area contributed by atoms with Crippen LogP contribution in [0.2, 0.25) is 0 Å². The quantitative estimate of drug-likeness (QED) is 0.548. The van der Waals surface area contributed by atoms with Crippen molar-refractivity contribution in [3.63, 3.8) is 0 Å². The van der Waals surface area contributed by atoms with Gasteiger partial charge in [-0.15, -0.1) is 0 Å². The first-order chi connectivity index (χ1) is 11.8. The predicted molar refractivity (Wildman–Crippen MR) is 110 cm³/mol. The zero-order chi connectivity index (χ0) is 18.1. The van der Waals surface area contributed by atoms with Crippen LogP contribution in [0.5, 0.6) is 0 Å². The van der Waals surface area contributed by atoms with Gasteiger partial charge in [0, 0.05) is 10.8 Å². The molecule has 0 nitrogen and oxygen atoms in total. The van der Waals surface area contributed by atoms with Crippen LogP contribution < -0.4 is 0 Å². The standard InChI is InChI=1S/C25H32/c1-19-16-17-22(24(2,3)20-12-8-6-9-13-20)18-23(19)25(4,5)21-14-10-7-11-15-21/h6,8-10,12-15,17-19H,7,11,16H2,1-5H3. The number of benzene rings is 1. The summed E-state index contributed by atoms with van der Waals surface area (Å²) in [6, 6.07) is 10.9. The van der Waals surface area contributed by atoms with Gasteiger partial charge in [-0.1, -0.05) is 101 Å². The Labute approximate surface area is 154 Å². The number of rotatable bonds is 4. The van der Waals surface area contributed by atoms with Crippen LogP contribution in [-0.4, -0.2) is 0 Å². The molecule has 1 aromatic carbocycles. The summed E-state index contributed by atoms with van der Waals surface area (Å²) in [4.78, 5) is 0. The fourth-order valence-electron chi connectivity index (χ4n) is 4.30. The Hall–Kier alpha value is -1.82. The van der Waals surface area contributed by atoms with Crippen LogP contribution in [0.3, 0.4) is 0 Å². The van der Waals surface area contributed by atoms with E-state index in [0.717, 1.165) is 6.42 Å². The maximum Gasteiger partial charge on any atom is 0.0143 e. The first kappa shape index (κ1) is 18.0. The summed E-state index contributed by atoms with van der Waals surface area (Å²) in [7, 11) is 0. The molecular weight excluding hydrogens is 300 g/mol. The first-order valence-corrected chi connectivity index (χ1v) is 9.69. The minimum Gasteiger partial charge on any atom is -0.0839 e. The Bertz CT molecular complexity index is 736. The third-order valence-corrected chi connectivity index (χ3v) is 6.19. The Morgan fingerprint density at radius 1 is 0.840 bits per heavy atom. The van der Waals surface area contributed by atoms with E-state index in [-0.39, 0.29) is 10.8 Å². The van der Waals surface area contributed by atoms with E-state index in [2.05, 4.69) is 95.3 Å². The van der Waals surface area contributed by atoms with Gasteiger partial charge in [-0.05, 0) is 41.9 Å². The Kier molecular flexibility index (Phi) is 4.91. The Morgan fingerprint density at radius 2 is 1.56 bits per heavy atom. The highest BCUT2D eigenvalue weighted by Crippen LogP contribution is 2.46. The molecule has 132 valence electrons. The van der Waals surface area contributed by atoms with Crippen molar-refractivity contribution in [1.82, 2.24) is 0 Å². The lowest BCUT2D eigenvalue weighted by Crippen LogP contribution is -2.27. The van der Waals surface area contributed by atoms with Crippen LogP contribution in [0.15, 0.2) is 77.4 Å². The molecule has 25 heavy (non-hydrogen) atoms. The fraction of sp³-hybridized carbons (Fsp3) is 0.440. The molecule has 0 N–H and O–H groups in total. The largest absolute Gasteiger partial charge is 0.0839 e. The van der Waals surface area contributed by atoms with Gasteiger partial charge in [-0.2, -0.15) is 0 Å². The van der Waals surface area contributed by atoms with E-state index in [1.807, 2.05) is 0 Å². The molecule has 3 rings (SSSR count). The number of hydrogen-bond acceptors (Lipinski definition) is 0. The summed E-state index contributed by atoms with van der Waals surface area (Å²) in [6.45, 7) is 11.9. The summed E-state index contributed by atoms with van der Waals surface area (Å²) in [5, 5.41) is 0.